The van der Waals surface area contributed by atoms with E-state index in [1.54, 1.807) is 26.2 Å². The topological polar surface area (TPSA) is 117 Å². The van der Waals surface area contributed by atoms with Gasteiger partial charge in [-0.15, -0.1) is 0 Å². The normalized spacial score (nSPS) is 14.0. The van der Waals surface area contributed by atoms with Crippen LogP contribution in [-0.2, 0) is 23.0 Å². The van der Waals surface area contributed by atoms with Gasteiger partial charge in [-0.2, -0.15) is 4.98 Å². The second-order valence-electron chi connectivity index (χ2n) is 6.69. The summed E-state index contributed by atoms with van der Waals surface area (Å²) in [5, 5.41) is 0. The first-order valence-electron chi connectivity index (χ1n) is 8.77. The standard InChI is InChI=1S/C18H24N4O5S/c1-11(10-19)22(28(4,24)25)17-9-14-13-8-16(27-3)15(26-2)7-12(13)5-6-21(14)18(23)20-17/h7-9,11H,5-6,10,19H2,1-4H3. The molecular weight excluding hydrogens is 384 g/mol. The van der Waals surface area contributed by atoms with Crippen LogP contribution in [0.3, 0.4) is 0 Å². The molecule has 2 aromatic rings. The number of nitrogens with zero attached hydrogens (tertiary/aromatic N) is 3. The Morgan fingerprint density at radius 3 is 2.46 bits per heavy atom. The summed E-state index contributed by atoms with van der Waals surface area (Å²) < 4.78 is 38.0. The average molecular weight is 408 g/mol. The third-order valence-electron chi connectivity index (χ3n) is 4.81. The second-order valence-corrected chi connectivity index (χ2v) is 8.55. The molecule has 2 N–H and O–H groups in total. The molecule has 0 amide bonds. The lowest BCUT2D eigenvalue weighted by atomic mass is 9.97. The number of methoxy groups -OCH3 is 2. The fourth-order valence-electron chi connectivity index (χ4n) is 3.46. The third kappa shape index (κ3) is 3.45. The minimum Gasteiger partial charge on any atom is -0.493 e. The van der Waals surface area contributed by atoms with Gasteiger partial charge in [0.25, 0.3) is 0 Å². The van der Waals surface area contributed by atoms with Gasteiger partial charge in [0, 0.05) is 24.7 Å². The molecule has 0 spiro atoms. The van der Waals surface area contributed by atoms with Crippen molar-refractivity contribution in [1.29, 1.82) is 0 Å². The van der Waals surface area contributed by atoms with Crippen LogP contribution in [0.25, 0.3) is 11.3 Å². The van der Waals surface area contributed by atoms with Crippen LogP contribution in [0.1, 0.15) is 12.5 Å². The quantitative estimate of drug-likeness (QED) is 0.744. The lowest BCUT2D eigenvalue weighted by Crippen LogP contribution is -2.44. The smallest absolute Gasteiger partial charge is 0.350 e. The molecule has 0 radical (unpaired) electrons. The fraction of sp³-hybridized carbons (Fsp3) is 0.444. The van der Waals surface area contributed by atoms with E-state index in [9.17, 15) is 13.2 Å². The third-order valence-corrected chi connectivity index (χ3v) is 6.07. The Morgan fingerprint density at radius 1 is 1.25 bits per heavy atom. The number of hydrogen-bond acceptors (Lipinski definition) is 7. The Kier molecular flexibility index (Phi) is 5.35. The lowest BCUT2D eigenvalue weighted by molar-refractivity contribution is 0.354. The zero-order valence-electron chi connectivity index (χ0n) is 16.3. The van der Waals surface area contributed by atoms with Gasteiger partial charge >= 0.3 is 5.69 Å². The highest BCUT2D eigenvalue weighted by molar-refractivity contribution is 7.92. The van der Waals surface area contributed by atoms with Crippen molar-refractivity contribution in [3.63, 3.8) is 0 Å². The van der Waals surface area contributed by atoms with Gasteiger partial charge < -0.3 is 15.2 Å². The number of rotatable bonds is 6. The van der Waals surface area contributed by atoms with Crippen molar-refractivity contribution in [3.8, 4) is 22.8 Å². The van der Waals surface area contributed by atoms with Crippen molar-refractivity contribution in [2.75, 3.05) is 31.3 Å². The van der Waals surface area contributed by atoms with Crippen LogP contribution >= 0.6 is 0 Å². The van der Waals surface area contributed by atoms with Gasteiger partial charge in [0.05, 0.1) is 32.2 Å². The summed E-state index contributed by atoms with van der Waals surface area (Å²) in [4.78, 5) is 16.7. The summed E-state index contributed by atoms with van der Waals surface area (Å²) in [5.74, 6) is 1.18. The number of aryl methyl sites for hydroxylation is 1. The SMILES string of the molecule is COc1cc2c(cc1OC)-c1cc(N(C(C)CN)S(C)(=O)=O)nc(=O)n1CC2. The van der Waals surface area contributed by atoms with Crippen LogP contribution < -0.4 is 25.2 Å². The first kappa shape index (κ1) is 20.2. The van der Waals surface area contributed by atoms with E-state index in [2.05, 4.69) is 4.98 Å². The summed E-state index contributed by atoms with van der Waals surface area (Å²) in [7, 11) is -0.580. The Balaban J connectivity index is 2.25. The molecule has 1 atom stereocenters. The van der Waals surface area contributed by atoms with Gasteiger partial charge in [0.15, 0.2) is 11.5 Å². The van der Waals surface area contributed by atoms with E-state index in [-0.39, 0.29) is 12.4 Å². The highest BCUT2D eigenvalue weighted by Crippen LogP contribution is 2.38. The van der Waals surface area contributed by atoms with Crippen LogP contribution in [0.15, 0.2) is 23.0 Å². The van der Waals surface area contributed by atoms with E-state index in [0.717, 1.165) is 21.7 Å². The van der Waals surface area contributed by atoms with Crippen LogP contribution in [-0.4, -0.2) is 51.0 Å². The van der Waals surface area contributed by atoms with Crippen LogP contribution in [0.2, 0.25) is 0 Å². The highest BCUT2D eigenvalue weighted by Gasteiger charge is 2.28. The number of fused-ring (bicyclic) bond motifs is 3. The molecule has 1 aliphatic rings. The largest absolute Gasteiger partial charge is 0.493 e. The summed E-state index contributed by atoms with van der Waals surface area (Å²) in [5.41, 5.74) is 7.51. The van der Waals surface area contributed by atoms with Gasteiger partial charge in [-0.05, 0) is 31.0 Å². The molecule has 152 valence electrons. The van der Waals surface area contributed by atoms with Crippen LogP contribution in [0.4, 0.5) is 5.82 Å². The Morgan fingerprint density at radius 2 is 1.89 bits per heavy atom. The molecular formula is C18H24N4O5S. The van der Waals surface area contributed by atoms with Gasteiger partial charge in [-0.1, -0.05) is 0 Å². The van der Waals surface area contributed by atoms with E-state index >= 15 is 0 Å². The number of ether oxygens (including phenoxy) is 2. The summed E-state index contributed by atoms with van der Waals surface area (Å²) in [6, 6.07) is 4.73. The Labute approximate surface area is 163 Å². The minimum absolute atomic E-state index is 0.0549. The number of anilines is 1. The molecule has 1 aromatic heterocycles. The molecule has 9 nitrogen and oxygen atoms in total. The molecule has 1 aliphatic heterocycles. The lowest BCUT2D eigenvalue weighted by Gasteiger charge is -2.29. The van der Waals surface area contributed by atoms with E-state index in [1.165, 1.54) is 11.7 Å². The first-order chi connectivity index (χ1) is 13.2. The molecule has 0 fully saturated rings. The van der Waals surface area contributed by atoms with E-state index in [0.29, 0.717) is 30.2 Å². The summed E-state index contributed by atoms with van der Waals surface area (Å²) >= 11 is 0. The number of nitrogens with two attached hydrogens (primary N) is 1. The molecule has 10 heteroatoms. The highest BCUT2D eigenvalue weighted by atomic mass is 32.2. The fourth-order valence-corrected chi connectivity index (χ4v) is 4.64. The second kappa shape index (κ2) is 7.44. The molecule has 0 bridgehead atoms. The molecule has 1 aromatic carbocycles. The Bertz CT molecular complexity index is 1060. The van der Waals surface area contributed by atoms with E-state index in [1.807, 2.05) is 6.07 Å². The maximum atomic E-state index is 12.7. The van der Waals surface area contributed by atoms with Crippen molar-refractivity contribution in [2.24, 2.45) is 5.73 Å². The Hall–Kier alpha value is -2.59. The van der Waals surface area contributed by atoms with Crippen LogP contribution in [0.5, 0.6) is 11.5 Å². The average Bonchev–Trinajstić information content (AvgIpc) is 2.65. The zero-order valence-corrected chi connectivity index (χ0v) is 17.1. The first-order valence-corrected chi connectivity index (χ1v) is 10.6. The van der Waals surface area contributed by atoms with E-state index < -0.39 is 21.8 Å². The van der Waals surface area contributed by atoms with Gasteiger partial charge in [-0.3, -0.25) is 4.57 Å². The maximum absolute atomic E-state index is 12.7. The van der Waals surface area contributed by atoms with E-state index in [4.69, 9.17) is 15.2 Å². The van der Waals surface area contributed by atoms with Crippen LogP contribution in [0, 0.1) is 0 Å². The van der Waals surface area contributed by atoms with Gasteiger partial charge in [-0.25, -0.2) is 17.5 Å². The van der Waals surface area contributed by atoms with Gasteiger partial charge in [0.1, 0.15) is 5.82 Å². The predicted molar refractivity (Wildman–Crippen MR) is 107 cm³/mol. The number of sulfonamides is 1. The van der Waals surface area contributed by atoms with Crippen molar-refractivity contribution >= 4 is 15.8 Å². The molecule has 0 aliphatic carbocycles. The van der Waals surface area contributed by atoms with Crippen molar-refractivity contribution in [3.05, 3.63) is 34.2 Å². The zero-order chi connectivity index (χ0) is 20.6. The van der Waals surface area contributed by atoms with Crippen molar-refractivity contribution < 1.29 is 17.9 Å². The number of benzene rings is 1. The molecule has 0 saturated carbocycles. The number of aromatic nitrogens is 2. The minimum atomic E-state index is -3.68. The molecule has 28 heavy (non-hydrogen) atoms. The molecule has 2 heterocycles. The molecule has 0 saturated heterocycles. The van der Waals surface area contributed by atoms with Crippen molar-refractivity contribution in [2.45, 2.75) is 25.9 Å². The molecule has 3 rings (SSSR count). The summed E-state index contributed by atoms with van der Waals surface area (Å²) in [6.45, 7) is 2.20. The summed E-state index contributed by atoms with van der Waals surface area (Å²) in [6.07, 6.45) is 1.69. The van der Waals surface area contributed by atoms with Crippen molar-refractivity contribution in [1.82, 2.24) is 9.55 Å². The number of hydrogen-bond donors (Lipinski definition) is 1. The molecule has 1 unspecified atom stereocenters. The monoisotopic (exact) mass is 408 g/mol. The predicted octanol–water partition coefficient (Wildman–Crippen LogP) is 0.597. The van der Waals surface area contributed by atoms with Gasteiger partial charge in [0.2, 0.25) is 10.0 Å². The maximum Gasteiger partial charge on any atom is 0.350 e.